The molecule has 5 nitrogen and oxygen atoms in total. The second-order valence-electron chi connectivity index (χ2n) is 5.62. The number of ether oxygens (including phenoxy) is 1. The predicted molar refractivity (Wildman–Crippen MR) is 90.8 cm³/mol. The van der Waals surface area contributed by atoms with Gasteiger partial charge >= 0.3 is 5.97 Å². The second kappa shape index (κ2) is 8.72. The number of benzene rings is 2. The SMILES string of the molecule is C[C@@H](CCc1ccccc1)NC(=O)COC(=O)c1cccc(O)c1. The summed E-state index contributed by atoms with van der Waals surface area (Å²) in [6.45, 7) is 1.57. The van der Waals surface area contributed by atoms with Gasteiger partial charge in [-0.05, 0) is 43.5 Å². The molecule has 2 aromatic carbocycles. The maximum atomic E-state index is 11.8. The lowest BCUT2D eigenvalue weighted by Crippen LogP contribution is -2.36. The maximum absolute atomic E-state index is 11.8. The minimum Gasteiger partial charge on any atom is -0.508 e. The number of amides is 1. The van der Waals surface area contributed by atoms with Crippen LogP contribution in [0.2, 0.25) is 0 Å². The first-order valence-corrected chi connectivity index (χ1v) is 7.84. The Hall–Kier alpha value is -2.82. The largest absolute Gasteiger partial charge is 0.508 e. The summed E-state index contributed by atoms with van der Waals surface area (Å²) in [5.74, 6) is -1.01. The molecule has 0 bridgehead atoms. The van der Waals surface area contributed by atoms with Gasteiger partial charge in [0, 0.05) is 6.04 Å². The molecule has 0 aliphatic heterocycles. The first-order chi connectivity index (χ1) is 11.5. The van der Waals surface area contributed by atoms with Crippen molar-refractivity contribution < 1.29 is 19.4 Å². The van der Waals surface area contributed by atoms with Crippen LogP contribution in [0.4, 0.5) is 0 Å². The summed E-state index contributed by atoms with van der Waals surface area (Å²) in [4.78, 5) is 23.6. The molecule has 0 radical (unpaired) electrons. The smallest absolute Gasteiger partial charge is 0.338 e. The number of esters is 1. The topological polar surface area (TPSA) is 75.6 Å². The molecule has 0 saturated heterocycles. The number of phenolic OH excluding ortho intramolecular Hbond substituents is 1. The number of hydrogen-bond acceptors (Lipinski definition) is 4. The molecule has 0 unspecified atom stereocenters. The Balaban J connectivity index is 1.71. The average molecular weight is 327 g/mol. The number of aryl methyl sites for hydroxylation is 1. The van der Waals surface area contributed by atoms with Crippen LogP contribution in [0, 0.1) is 0 Å². The highest BCUT2D eigenvalue weighted by Crippen LogP contribution is 2.11. The van der Waals surface area contributed by atoms with Gasteiger partial charge in [0.25, 0.3) is 5.91 Å². The van der Waals surface area contributed by atoms with Crippen LogP contribution in [0.25, 0.3) is 0 Å². The Morgan fingerprint density at radius 1 is 1.12 bits per heavy atom. The van der Waals surface area contributed by atoms with Crippen molar-refractivity contribution in [2.75, 3.05) is 6.61 Å². The highest BCUT2D eigenvalue weighted by atomic mass is 16.5. The van der Waals surface area contributed by atoms with Crippen molar-refractivity contribution in [3.63, 3.8) is 0 Å². The first-order valence-electron chi connectivity index (χ1n) is 7.84. The minimum absolute atomic E-state index is 0.0165. The molecule has 0 aliphatic rings. The van der Waals surface area contributed by atoms with Gasteiger partial charge in [-0.2, -0.15) is 0 Å². The highest BCUT2D eigenvalue weighted by molar-refractivity contribution is 5.91. The molecular weight excluding hydrogens is 306 g/mol. The fourth-order valence-corrected chi connectivity index (χ4v) is 2.26. The van der Waals surface area contributed by atoms with E-state index in [2.05, 4.69) is 5.32 Å². The normalized spacial score (nSPS) is 11.5. The molecule has 126 valence electrons. The lowest BCUT2D eigenvalue weighted by molar-refractivity contribution is -0.124. The van der Waals surface area contributed by atoms with E-state index in [1.54, 1.807) is 0 Å². The lowest BCUT2D eigenvalue weighted by atomic mass is 10.1. The quantitative estimate of drug-likeness (QED) is 0.767. The van der Waals surface area contributed by atoms with Crippen molar-refractivity contribution in [3.05, 3.63) is 65.7 Å². The number of rotatable bonds is 7. The highest BCUT2D eigenvalue weighted by Gasteiger charge is 2.12. The van der Waals surface area contributed by atoms with E-state index in [4.69, 9.17) is 4.74 Å². The van der Waals surface area contributed by atoms with Gasteiger partial charge in [-0.25, -0.2) is 4.79 Å². The lowest BCUT2D eigenvalue weighted by Gasteiger charge is -2.14. The number of nitrogens with one attached hydrogen (secondary N) is 1. The van der Waals surface area contributed by atoms with Gasteiger partial charge in [-0.1, -0.05) is 36.4 Å². The van der Waals surface area contributed by atoms with Gasteiger partial charge < -0.3 is 15.2 Å². The van der Waals surface area contributed by atoms with Crippen molar-refractivity contribution in [1.29, 1.82) is 0 Å². The summed E-state index contributed by atoms with van der Waals surface area (Å²) in [6, 6.07) is 15.8. The Labute approximate surface area is 141 Å². The van der Waals surface area contributed by atoms with E-state index < -0.39 is 5.97 Å². The van der Waals surface area contributed by atoms with Crippen molar-refractivity contribution in [2.45, 2.75) is 25.8 Å². The van der Waals surface area contributed by atoms with Crippen LogP contribution >= 0.6 is 0 Å². The van der Waals surface area contributed by atoms with Gasteiger partial charge in [0.05, 0.1) is 5.56 Å². The molecule has 2 rings (SSSR count). The third kappa shape index (κ3) is 5.76. The van der Waals surface area contributed by atoms with Crippen LogP contribution in [-0.2, 0) is 16.0 Å². The fraction of sp³-hybridized carbons (Fsp3) is 0.263. The molecule has 1 amide bonds. The average Bonchev–Trinajstić information content (AvgIpc) is 2.59. The van der Waals surface area contributed by atoms with E-state index >= 15 is 0 Å². The molecule has 1 atom stereocenters. The van der Waals surface area contributed by atoms with E-state index in [1.807, 2.05) is 37.3 Å². The Morgan fingerprint density at radius 2 is 1.88 bits per heavy atom. The Morgan fingerprint density at radius 3 is 2.58 bits per heavy atom. The van der Waals surface area contributed by atoms with Crippen molar-refractivity contribution in [1.82, 2.24) is 5.32 Å². The van der Waals surface area contributed by atoms with Crippen molar-refractivity contribution >= 4 is 11.9 Å². The van der Waals surface area contributed by atoms with E-state index in [1.165, 1.54) is 29.8 Å². The molecule has 0 aliphatic carbocycles. The van der Waals surface area contributed by atoms with Gasteiger partial charge in [0.2, 0.25) is 0 Å². The second-order valence-corrected chi connectivity index (χ2v) is 5.62. The number of phenols is 1. The molecule has 5 heteroatoms. The van der Waals surface area contributed by atoms with Crippen LogP contribution < -0.4 is 5.32 Å². The molecule has 2 N–H and O–H groups in total. The van der Waals surface area contributed by atoms with Crippen LogP contribution in [0.3, 0.4) is 0 Å². The summed E-state index contributed by atoms with van der Waals surface area (Å²) < 4.78 is 4.95. The summed E-state index contributed by atoms with van der Waals surface area (Å²) in [5, 5.41) is 12.1. The summed E-state index contributed by atoms with van der Waals surface area (Å²) in [5.41, 5.74) is 1.42. The zero-order valence-electron chi connectivity index (χ0n) is 13.6. The molecule has 24 heavy (non-hydrogen) atoms. The van der Waals surface area contributed by atoms with Crippen LogP contribution in [0.5, 0.6) is 5.75 Å². The van der Waals surface area contributed by atoms with Crippen LogP contribution in [0.15, 0.2) is 54.6 Å². The molecule has 2 aromatic rings. The van der Waals surface area contributed by atoms with Gasteiger partial charge in [-0.3, -0.25) is 4.79 Å². The fourth-order valence-electron chi connectivity index (χ4n) is 2.26. The number of carbonyl (C=O) groups excluding carboxylic acids is 2. The molecular formula is C19H21NO4. The molecule has 0 aromatic heterocycles. The molecule has 0 fully saturated rings. The number of hydrogen-bond donors (Lipinski definition) is 2. The Kier molecular flexibility index (Phi) is 6.37. The van der Waals surface area contributed by atoms with E-state index in [0.29, 0.717) is 0 Å². The molecule has 0 spiro atoms. The van der Waals surface area contributed by atoms with E-state index in [0.717, 1.165) is 12.8 Å². The molecule has 0 heterocycles. The Bertz CT molecular complexity index is 685. The minimum atomic E-state index is -0.641. The van der Waals surface area contributed by atoms with Crippen LogP contribution in [0.1, 0.15) is 29.3 Å². The van der Waals surface area contributed by atoms with Gasteiger partial charge in [0.1, 0.15) is 5.75 Å². The van der Waals surface area contributed by atoms with E-state index in [9.17, 15) is 14.7 Å². The third-order valence-corrected chi connectivity index (χ3v) is 3.53. The zero-order valence-corrected chi connectivity index (χ0v) is 13.6. The van der Waals surface area contributed by atoms with Crippen LogP contribution in [-0.4, -0.2) is 29.6 Å². The summed E-state index contributed by atoms with van der Waals surface area (Å²) in [7, 11) is 0. The first kappa shape index (κ1) is 17.5. The number of carbonyl (C=O) groups is 2. The standard InChI is InChI=1S/C19H21NO4/c1-14(10-11-15-6-3-2-4-7-15)20-18(22)13-24-19(23)16-8-5-9-17(21)12-16/h2-9,12,14,21H,10-11,13H2,1H3,(H,20,22)/t14-/m0/s1. The summed E-state index contributed by atoms with van der Waals surface area (Å²) >= 11 is 0. The maximum Gasteiger partial charge on any atom is 0.338 e. The number of aromatic hydroxyl groups is 1. The monoisotopic (exact) mass is 327 g/mol. The summed E-state index contributed by atoms with van der Waals surface area (Å²) in [6.07, 6.45) is 1.67. The van der Waals surface area contributed by atoms with E-state index in [-0.39, 0.29) is 29.9 Å². The van der Waals surface area contributed by atoms with Gasteiger partial charge in [0.15, 0.2) is 6.61 Å². The molecule has 0 saturated carbocycles. The van der Waals surface area contributed by atoms with Gasteiger partial charge in [-0.15, -0.1) is 0 Å². The van der Waals surface area contributed by atoms with Crippen molar-refractivity contribution in [3.8, 4) is 5.75 Å². The van der Waals surface area contributed by atoms with Crippen molar-refractivity contribution in [2.24, 2.45) is 0 Å². The zero-order chi connectivity index (χ0) is 17.4. The predicted octanol–water partition coefficient (Wildman–Crippen LogP) is 2.69. The third-order valence-electron chi connectivity index (χ3n) is 3.53.